The Hall–Kier alpha value is -1.24. The molecule has 0 aliphatic carbocycles. The maximum absolute atomic E-state index is 7.66. The summed E-state index contributed by atoms with van der Waals surface area (Å²) in [7, 11) is 1.65. The number of benzene rings is 1. The molecule has 6 heteroatoms. The van der Waals surface area contributed by atoms with Crippen LogP contribution in [0, 0.1) is 5.41 Å². The van der Waals surface area contributed by atoms with Gasteiger partial charge in [0.1, 0.15) is 11.6 Å². The maximum Gasteiger partial charge on any atom is 0.131 e. The molecule has 3 N–H and O–H groups in total. The molecule has 0 aliphatic heterocycles. The first-order valence-electron chi connectivity index (χ1n) is 6.41. The van der Waals surface area contributed by atoms with Crippen molar-refractivity contribution in [3.8, 4) is 5.75 Å². The van der Waals surface area contributed by atoms with Gasteiger partial charge in [0, 0.05) is 25.0 Å². The first kappa shape index (κ1) is 16.8. The van der Waals surface area contributed by atoms with Crippen LogP contribution in [0.1, 0.15) is 12.0 Å². The second-order valence-corrected chi connectivity index (χ2v) is 4.90. The molecule has 0 fully saturated rings. The van der Waals surface area contributed by atoms with Crippen LogP contribution in [0.3, 0.4) is 0 Å². The molecule has 0 saturated heterocycles. The molecule has 0 spiro atoms. The molecule has 0 radical (unpaired) electrons. The third-order valence-electron chi connectivity index (χ3n) is 2.60. The molecule has 0 atom stereocenters. The van der Waals surface area contributed by atoms with E-state index in [2.05, 4.69) is 0 Å². The molecule has 0 aromatic heterocycles. The topological polar surface area (TPSA) is 77.6 Å². The van der Waals surface area contributed by atoms with E-state index in [9.17, 15) is 0 Å². The Balaban J connectivity index is 2.45. The largest absolute Gasteiger partial charge is 0.493 e. The van der Waals surface area contributed by atoms with Crippen molar-refractivity contribution >= 4 is 17.6 Å². The van der Waals surface area contributed by atoms with Gasteiger partial charge in [0.25, 0.3) is 0 Å². The van der Waals surface area contributed by atoms with Crippen molar-refractivity contribution in [2.45, 2.75) is 11.3 Å². The molecule has 112 valence electrons. The maximum atomic E-state index is 7.66. The summed E-state index contributed by atoms with van der Waals surface area (Å²) in [6, 6.07) is 5.67. The number of nitrogens with one attached hydrogen (secondary N) is 1. The van der Waals surface area contributed by atoms with E-state index in [1.807, 2.05) is 24.5 Å². The van der Waals surface area contributed by atoms with Crippen LogP contribution >= 0.6 is 11.8 Å². The average molecular weight is 298 g/mol. The lowest BCUT2D eigenvalue weighted by molar-refractivity contribution is 0.0644. The summed E-state index contributed by atoms with van der Waals surface area (Å²) in [4.78, 5) is 0.950. The van der Waals surface area contributed by atoms with E-state index in [-0.39, 0.29) is 5.84 Å². The van der Waals surface area contributed by atoms with Crippen molar-refractivity contribution in [1.29, 1.82) is 5.41 Å². The van der Waals surface area contributed by atoms with E-state index in [0.29, 0.717) is 37.7 Å². The van der Waals surface area contributed by atoms with Gasteiger partial charge in [-0.2, -0.15) is 0 Å². The third kappa shape index (κ3) is 5.40. The molecular formula is C14H22N2O3S. The summed E-state index contributed by atoms with van der Waals surface area (Å²) in [5.74, 6) is 0.683. The van der Waals surface area contributed by atoms with Crippen molar-refractivity contribution in [3.63, 3.8) is 0 Å². The fraction of sp³-hybridized carbons (Fsp3) is 0.500. The highest BCUT2D eigenvalue weighted by atomic mass is 32.2. The number of hydrogen-bond donors (Lipinski definition) is 2. The lowest BCUT2D eigenvalue weighted by atomic mass is 10.2. The summed E-state index contributed by atoms with van der Waals surface area (Å²) < 4.78 is 15.9. The van der Waals surface area contributed by atoms with Crippen molar-refractivity contribution in [1.82, 2.24) is 0 Å². The van der Waals surface area contributed by atoms with E-state index < -0.39 is 0 Å². The van der Waals surface area contributed by atoms with Crippen LogP contribution in [-0.2, 0) is 9.47 Å². The van der Waals surface area contributed by atoms with Crippen molar-refractivity contribution in [3.05, 3.63) is 23.8 Å². The van der Waals surface area contributed by atoms with Gasteiger partial charge in [-0.05, 0) is 18.4 Å². The summed E-state index contributed by atoms with van der Waals surface area (Å²) in [6.45, 7) is 2.36. The zero-order valence-corrected chi connectivity index (χ0v) is 12.8. The van der Waals surface area contributed by atoms with Gasteiger partial charge in [0.15, 0.2) is 0 Å². The second-order valence-electron chi connectivity index (χ2n) is 4.05. The molecular weight excluding hydrogens is 276 g/mol. The Kier molecular flexibility index (Phi) is 8.10. The van der Waals surface area contributed by atoms with Gasteiger partial charge >= 0.3 is 0 Å². The molecule has 0 unspecified atom stereocenters. The fourth-order valence-electron chi connectivity index (χ4n) is 1.65. The Morgan fingerprint density at radius 1 is 1.25 bits per heavy atom. The minimum absolute atomic E-state index is 0.0290. The monoisotopic (exact) mass is 298 g/mol. The van der Waals surface area contributed by atoms with Crippen molar-refractivity contribution in [2.24, 2.45) is 5.73 Å². The van der Waals surface area contributed by atoms with Crippen LogP contribution in [-0.4, -0.2) is 45.6 Å². The predicted octanol–water partition coefficient (Wildman–Crippen LogP) is 2.12. The number of thioether (sulfide) groups is 1. The zero-order valence-electron chi connectivity index (χ0n) is 12.0. The molecule has 0 aliphatic rings. The Morgan fingerprint density at radius 3 is 2.70 bits per heavy atom. The molecule has 0 amide bonds. The Morgan fingerprint density at radius 2 is 2.05 bits per heavy atom. The summed E-state index contributed by atoms with van der Waals surface area (Å²) >= 11 is 1.55. The van der Waals surface area contributed by atoms with Crippen LogP contribution in [0.15, 0.2) is 23.1 Å². The highest BCUT2D eigenvalue weighted by Crippen LogP contribution is 2.28. The molecule has 1 rings (SSSR count). The molecule has 20 heavy (non-hydrogen) atoms. The lowest BCUT2D eigenvalue weighted by Gasteiger charge is -2.13. The van der Waals surface area contributed by atoms with E-state index >= 15 is 0 Å². The van der Waals surface area contributed by atoms with Gasteiger partial charge in [0.2, 0.25) is 0 Å². The molecule has 0 saturated carbocycles. The van der Waals surface area contributed by atoms with Gasteiger partial charge < -0.3 is 19.9 Å². The highest BCUT2D eigenvalue weighted by Gasteiger charge is 2.11. The van der Waals surface area contributed by atoms with Crippen LogP contribution in [0.4, 0.5) is 0 Å². The summed E-state index contributed by atoms with van der Waals surface area (Å²) in [5.41, 5.74) is 6.29. The minimum Gasteiger partial charge on any atom is -0.493 e. The highest BCUT2D eigenvalue weighted by molar-refractivity contribution is 7.98. The number of ether oxygens (including phenoxy) is 3. The van der Waals surface area contributed by atoms with Gasteiger partial charge in [-0.1, -0.05) is 6.07 Å². The van der Waals surface area contributed by atoms with Crippen LogP contribution in [0.2, 0.25) is 0 Å². The van der Waals surface area contributed by atoms with Crippen molar-refractivity contribution < 1.29 is 14.2 Å². The van der Waals surface area contributed by atoms with E-state index in [1.54, 1.807) is 18.9 Å². The number of nitrogens with two attached hydrogens (primary N) is 1. The number of methoxy groups -OCH3 is 1. The number of nitrogen functional groups attached to an aromatic ring is 1. The lowest BCUT2D eigenvalue weighted by Crippen LogP contribution is -2.15. The van der Waals surface area contributed by atoms with Crippen LogP contribution in [0.25, 0.3) is 0 Å². The third-order valence-corrected chi connectivity index (χ3v) is 3.38. The van der Waals surface area contributed by atoms with Crippen molar-refractivity contribution in [2.75, 3.05) is 39.8 Å². The van der Waals surface area contributed by atoms with E-state index in [1.165, 1.54) is 0 Å². The Labute approximate surface area is 124 Å². The normalized spacial score (nSPS) is 10.5. The number of rotatable bonds is 10. The molecule has 5 nitrogen and oxygen atoms in total. The minimum atomic E-state index is 0.0290. The molecule has 1 aromatic rings. The first-order chi connectivity index (χ1) is 9.70. The second kappa shape index (κ2) is 9.63. The predicted molar refractivity (Wildman–Crippen MR) is 82.0 cm³/mol. The average Bonchev–Trinajstić information content (AvgIpc) is 2.45. The molecule has 0 bridgehead atoms. The van der Waals surface area contributed by atoms with Gasteiger partial charge in [0.05, 0.1) is 25.4 Å². The van der Waals surface area contributed by atoms with Gasteiger partial charge in [-0.15, -0.1) is 11.8 Å². The SMILES string of the molecule is COCCOCCCOc1cccc(SC)c1C(=N)N. The van der Waals surface area contributed by atoms with Gasteiger partial charge in [-0.25, -0.2) is 0 Å². The van der Waals surface area contributed by atoms with Gasteiger partial charge in [-0.3, -0.25) is 5.41 Å². The summed E-state index contributed by atoms with van der Waals surface area (Å²) in [6.07, 6.45) is 2.74. The standard InChI is InChI=1S/C14H22N2O3S/c1-17-9-10-18-7-4-8-19-11-5-3-6-12(20-2)13(11)14(15)16/h3,5-6H,4,7-10H2,1-2H3,(H3,15,16). The molecule has 0 heterocycles. The van der Waals surface area contributed by atoms with Crippen LogP contribution < -0.4 is 10.5 Å². The Bertz CT molecular complexity index is 427. The fourth-order valence-corrected chi connectivity index (χ4v) is 2.28. The number of amidine groups is 1. The quantitative estimate of drug-likeness (QED) is 0.299. The van der Waals surface area contributed by atoms with E-state index in [0.717, 1.165) is 11.3 Å². The smallest absolute Gasteiger partial charge is 0.131 e. The molecule has 1 aromatic carbocycles. The van der Waals surface area contributed by atoms with E-state index in [4.69, 9.17) is 25.4 Å². The number of hydrogen-bond acceptors (Lipinski definition) is 5. The summed E-state index contributed by atoms with van der Waals surface area (Å²) in [5, 5.41) is 7.66. The zero-order chi connectivity index (χ0) is 14.8. The first-order valence-corrected chi connectivity index (χ1v) is 7.64. The van der Waals surface area contributed by atoms with Crippen LogP contribution in [0.5, 0.6) is 5.75 Å².